The summed E-state index contributed by atoms with van der Waals surface area (Å²) in [6.07, 6.45) is 3.12. The monoisotopic (exact) mass is 237 g/mol. The molecule has 1 aromatic carbocycles. The van der Waals surface area contributed by atoms with Gasteiger partial charge in [0.05, 0.1) is 0 Å². The van der Waals surface area contributed by atoms with Crippen LogP contribution in [0.3, 0.4) is 0 Å². The summed E-state index contributed by atoms with van der Waals surface area (Å²) in [5.41, 5.74) is 2.62. The molecule has 16 heavy (non-hydrogen) atoms. The molecule has 1 aliphatic rings. The van der Waals surface area contributed by atoms with Crippen molar-refractivity contribution in [3.63, 3.8) is 0 Å². The summed E-state index contributed by atoms with van der Waals surface area (Å²) < 4.78 is 11.3. The van der Waals surface area contributed by atoms with Gasteiger partial charge in [0.15, 0.2) is 0 Å². The molecule has 1 N–H and O–H groups in total. The molecule has 1 heterocycles. The number of benzene rings is 1. The molecule has 1 fully saturated rings. The van der Waals surface area contributed by atoms with Gasteiger partial charge in [-0.25, -0.2) is 0 Å². The van der Waals surface area contributed by atoms with Crippen LogP contribution in [-0.4, -0.2) is 21.8 Å². The highest BCUT2D eigenvalue weighted by Crippen LogP contribution is 2.20. The summed E-state index contributed by atoms with van der Waals surface area (Å²) in [7, 11) is -0.566. The van der Waals surface area contributed by atoms with Crippen LogP contribution < -0.4 is 5.32 Å². The van der Waals surface area contributed by atoms with E-state index in [-0.39, 0.29) is 0 Å². The highest BCUT2D eigenvalue weighted by Gasteiger charge is 2.17. The Morgan fingerprint density at radius 1 is 1.31 bits per heavy atom. The van der Waals surface area contributed by atoms with E-state index in [0.29, 0.717) is 6.04 Å². The minimum atomic E-state index is -0.566. The summed E-state index contributed by atoms with van der Waals surface area (Å²) in [6, 6.07) is 8.97. The molecule has 0 aromatic heterocycles. The van der Waals surface area contributed by atoms with Gasteiger partial charge in [-0.05, 0) is 30.9 Å². The Morgan fingerprint density at radius 2 is 2.00 bits per heavy atom. The van der Waals surface area contributed by atoms with Crippen molar-refractivity contribution in [2.24, 2.45) is 0 Å². The maximum absolute atomic E-state index is 11.3. The van der Waals surface area contributed by atoms with Crippen molar-refractivity contribution in [1.29, 1.82) is 0 Å². The van der Waals surface area contributed by atoms with E-state index in [4.69, 9.17) is 0 Å². The zero-order valence-electron chi connectivity index (χ0n) is 9.74. The molecular formula is C13H19NOS. The molecule has 2 rings (SSSR count). The first-order chi connectivity index (χ1) is 7.79. The van der Waals surface area contributed by atoms with Crippen molar-refractivity contribution in [2.75, 3.05) is 16.8 Å². The average Bonchev–Trinajstić information content (AvgIpc) is 2.33. The maximum Gasteiger partial charge on any atom is 0.0374 e. The highest BCUT2D eigenvalue weighted by atomic mass is 32.2. The lowest BCUT2D eigenvalue weighted by Gasteiger charge is -2.24. The van der Waals surface area contributed by atoms with Crippen molar-refractivity contribution in [2.45, 2.75) is 32.2 Å². The predicted octanol–water partition coefficient (Wildman–Crippen LogP) is 2.57. The SMILES string of the molecule is CCc1ccccc1NC1CCS(=O)CC1. The second-order valence-corrected chi connectivity index (χ2v) is 5.97. The summed E-state index contributed by atoms with van der Waals surface area (Å²) in [5.74, 6) is 1.71. The van der Waals surface area contributed by atoms with Gasteiger partial charge in [0.1, 0.15) is 0 Å². The van der Waals surface area contributed by atoms with E-state index in [9.17, 15) is 4.21 Å². The second-order valence-electron chi connectivity index (χ2n) is 4.28. The van der Waals surface area contributed by atoms with Crippen molar-refractivity contribution in [1.82, 2.24) is 0 Å². The summed E-state index contributed by atoms with van der Waals surface area (Å²) in [5, 5.41) is 3.59. The second kappa shape index (κ2) is 5.48. The number of hydrogen-bond acceptors (Lipinski definition) is 2. The topological polar surface area (TPSA) is 29.1 Å². The van der Waals surface area contributed by atoms with Gasteiger partial charge >= 0.3 is 0 Å². The van der Waals surface area contributed by atoms with Crippen LogP contribution in [0.5, 0.6) is 0 Å². The number of para-hydroxylation sites is 1. The van der Waals surface area contributed by atoms with Gasteiger partial charge in [0, 0.05) is 34.0 Å². The molecule has 1 aromatic rings. The normalized spacial score (nSPS) is 25.3. The molecule has 0 atom stereocenters. The van der Waals surface area contributed by atoms with E-state index in [1.807, 2.05) is 0 Å². The molecule has 0 radical (unpaired) electrons. The third-order valence-corrected chi connectivity index (χ3v) is 4.53. The third kappa shape index (κ3) is 2.85. The fourth-order valence-corrected chi connectivity index (χ4v) is 3.43. The Morgan fingerprint density at radius 3 is 2.69 bits per heavy atom. The van der Waals surface area contributed by atoms with Crippen LogP contribution >= 0.6 is 0 Å². The van der Waals surface area contributed by atoms with Crippen LogP contribution in [0.4, 0.5) is 5.69 Å². The minimum absolute atomic E-state index is 0.505. The fraction of sp³-hybridized carbons (Fsp3) is 0.538. The van der Waals surface area contributed by atoms with Gasteiger partial charge in [-0.2, -0.15) is 0 Å². The zero-order chi connectivity index (χ0) is 11.4. The number of aryl methyl sites for hydroxylation is 1. The van der Waals surface area contributed by atoms with E-state index < -0.39 is 10.8 Å². The third-order valence-electron chi connectivity index (χ3n) is 3.15. The van der Waals surface area contributed by atoms with E-state index in [0.717, 1.165) is 30.8 Å². The molecule has 0 unspecified atom stereocenters. The van der Waals surface area contributed by atoms with Crippen LogP contribution in [0.1, 0.15) is 25.3 Å². The van der Waals surface area contributed by atoms with Gasteiger partial charge < -0.3 is 5.32 Å². The summed E-state index contributed by atoms with van der Waals surface area (Å²) >= 11 is 0. The summed E-state index contributed by atoms with van der Waals surface area (Å²) in [4.78, 5) is 0. The summed E-state index contributed by atoms with van der Waals surface area (Å²) in [6.45, 7) is 2.18. The first kappa shape index (κ1) is 11.6. The first-order valence-corrected chi connectivity index (χ1v) is 7.48. The van der Waals surface area contributed by atoms with Gasteiger partial charge in [-0.3, -0.25) is 4.21 Å². The minimum Gasteiger partial charge on any atom is -0.382 e. The molecule has 1 saturated heterocycles. The standard InChI is InChI=1S/C13H19NOS/c1-2-11-5-3-4-6-13(11)14-12-7-9-16(15)10-8-12/h3-6,12,14H,2,7-10H2,1H3. The quantitative estimate of drug-likeness (QED) is 0.875. The predicted molar refractivity (Wildman–Crippen MR) is 70.3 cm³/mol. The Kier molecular flexibility index (Phi) is 3.99. The van der Waals surface area contributed by atoms with Crippen LogP contribution in [0.25, 0.3) is 0 Å². The van der Waals surface area contributed by atoms with Gasteiger partial charge in [-0.1, -0.05) is 25.1 Å². The molecule has 0 amide bonds. The molecule has 88 valence electrons. The smallest absolute Gasteiger partial charge is 0.0374 e. The highest BCUT2D eigenvalue weighted by molar-refractivity contribution is 7.85. The molecule has 2 nitrogen and oxygen atoms in total. The molecule has 0 aliphatic carbocycles. The van der Waals surface area contributed by atoms with Gasteiger partial charge in [-0.15, -0.1) is 0 Å². The van der Waals surface area contributed by atoms with Crippen LogP contribution in [0.2, 0.25) is 0 Å². The van der Waals surface area contributed by atoms with Crippen LogP contribution in [0, 0.1) is 0 Å². The Labute approximate surface area is 99.9 Å². The van der Waals surface area contributed by atoms with E-state index in [1.54, 1.807) is 0 Å². The van der Waals surface area contributed by atoms with E-state index in [2.05, 4.69) is 36.5 Å². The molecule has 0 saturated carbocycles. The largest absolute Gasteiger partial charge is 0.382 e. The Hall–Kier alpha value is -0.830. The Bertz CT molecular complexity index is 368. The number of hydrogen-bond donors (Lipinski definition) is 1. The van der Waals surface area contributed by atoms with Crippen LogP contribution in [-0.2, 0) is 17.2 Å². The molecule has 1 aliphatic heterocycles. The molecular weight excluding hydrogens is 218 g/mol. The first-order valence-electron chi connectivity index (χ1n) is 5.99. The van der Waals surface area contributed by atoms with Gasteiger partial charge in [0.2, 0.25) is 0 Å². The molecule has 0 bridgehead atoms. The van der Waals surface area contributed by atoms with E-state index >= 15 is 0 Å². The number of nitrogens with one attached hydrogen (secondary N) is 1. The van der Waals surface area contributed by atoms with Crippen molar-refractivity contribution in [3.05, 3.63) is 29.8 Å². The number of rotatable bonds is 3. The maximum atomic E-state index is 11.3. The molecule has 0 spiro atoms. The lowest BCUT2D eigenvalue weighted by Crippen LogP contribution is -2.29. The Balaban J connectivity index is 2.00. The molecule has 3 heteroatoms. The zero-order valence-corrected chi connectivity index (χ0v) is 10.6. The van der Waals surface area contributed by atoms with Crippen molar-refractivity contribution < 1.29 is 4.21 Å². The van der Waals surface area contributed by atoms with E-state index in [1.165, 1.54) is 11.3 Å². The lowest BCUT2D eigenvalue weighted by molar-refractivity contribution is 0.623. The van der Waals surface area contributed by atoms with Gasteiger partial charge in [0.25, 0.3) is 0 Å². The van der Waals surface area contributed by atoms with Crippen molar-refractivity contribution in [3.8, 4) is 0 Å². The number of anilines is 1. The van der Waals surface area contributed by atoms with Crippen molar-refractivity contribution >= 4 is 16.5 Å². The van der Waals surface area contributed by atoms with Crippen LogP contribution in [0.15, 0.2) is 24.3 Å². The lowest BCUT2D eigenvalue weighted by atomic mass is 10.1. The fourth-order valence-electron chi connectivity index (χ4n) is 2.13. The average molecular weight is 237 g/mol.